The summed E-state index contributed by atoms with van der Waals surface area (Å²) < 4.78 is 38.6. The van der Waals surface area contributed by atoms with E-state index in [4.69, 9.17) is 9.15 Å². The Bertz CT molecular complexity index is 1030. The minimum absolute atomic E-state index is 0.0164. The van der Waals surface area contributed by atoms with E-state index in [0.29, 0.717) is 12.6 Å². The van der Waals surface area contributed by atoms with Crippen molar-refractivity contribution in [2.45, 2.75) is 38.0 Å². The van der Waals surface area contributed by atoms with Crippen LogP contribution in [0.4, 0.5) is 8.78 Å². The molecule has 1 aromatic carbocycles. The fourth-order valence-electron chi connectivity index (χ4n) is 4.34. The molecule has 2 aliphatic heterocycles. The maximum absolute atomic E-state index is 14.1. The molecule has 1 N–H and O–H groups in total. The molecule has 1 aromatic heterocycles. The lowest BCUT2D eigenvalue weighted by Crippen LogP contribution is -2.59. The van der Waals surface area contributed by atoms with Crippen LogP contribution < -0.4 is 5.32 Å². The highest BCUT2D eigenvalue weighted by molar-refractivity contribution is 5.97. The first-order chi connectivity index (χ1) is 15.9. The SMILES string of the molecule is CCCNC(=O)C1COC2(CCN(C(=O)c3ccc(F)cc3F)CC2)N1C(=O)c1ccco1. The highest BCUT2D eigenvalue weighted by Gasteiger charge is 2.54. The molecule has 2 aliphatic rings. The number of rotatable bonds is 5. The van der Waals surface area contributed by atoms with Gasteiger partial charge in [-0.3, -0.25) is 19.3 Å². The van der Waals surface area contributed by atoms with Gasteiger partial charge in [-0.25, -0.2) is 8.78 Å². The fraction of sp³-hybridized carbons (Fsp3) is 0.435. The summed E-state index contributed by atoms with van der Waals surface area (Å²) >= 11 is 0. The van der Waals surface area contributed by atoms with E-state index in [1.54, 1.807) is 6.07 Å². The first-order valence-corrected chi connectivity index (χ1v) is 10.9. The summed E-state index contributed by atoms with van der Waals surface area (Å²) in [5.41, 5.74) is -1.32. The summed E-state index contributed by atoms with van der Waals surface area (Å²) in [6, 6.07) is 5.08. The highest BCUT2D eigenvalue weighted by atomic mass is 19.1. The third-order valence-corrected chi connectivity index (χ3v) is 6.06. The Hall–Kier alpha value is -3.27. The number of piperidine rings is 1. The van der Waals surface area contributed by atoms with E-state index in [2.05, 4.69) is 5.32 Å². The Kier molecular flexibility index (Phi) is 6.46. The third kappa shape index (κ3) is 4.35. The van der Waals surface area contributed by atoms with Gasteiger partial charge in [0.15, 0.2) is 5.76 Å². The van der Waals surface area contributed by atoms with E-state index in [9.17, 15) is 23.2 Å². The second-order valence-corrected chi connectivity index (χ2v) is 8.13. The Morgan fingerprint density at radius 3 is 2.55 bits per heavy atom. The highest BCUT2D eigenvalue weighted by Crippen LogP contribution is 2.39. The standard InChI is InChI=1S/C23H25F2N3O5/c1-2-9-26-20(29)18-14-33-23(28(18)22(31)19-4-3-12-32-19)7-10-27(11-8-23)21(30)16-6-5-15(24)13-17(16)25/h3-6,12-13,18H,2,7-11,14H2,1H3,(H,26,29). The van der Waals surface area contributed by atoms with Gasteiger partial charge in [-0.2, -0.15) is 0 Å². The van der Waals surface area contributed by atoms with Crippen LogP contribution in [0.2, 0.25) is 0 Å². The Labute approximate surface area is 189 Å². The van der Waals surface area contributed by atoms with E-state index in [0.717, 1.165) is 18.6 Å². The van der Waals surface area contributed by atoms with Crippen LogP contribution >= 0.6 is 0 Å². The molecule has 8 nitrogen and oxygen atoms in total. The molecule has 0 radical (unpaired) electrons. The second-order valence-electron chi connectivity index (χ2n) is 8.13. The molecule has 33 heavy (non-hydrogen) atoms. The van der Waals surface area contributed by atoms with Crippen LogP contribution in [0, 0.1) is 11.6 Å². The van der Waals surface area contributed by atoms with Crippen molar-refractivity contribution in [2.24, 2.45) is 0 Å². The largest absolute Gasteiger partial charge is 0.459 e. The lowest BCUT2D eigenvalue weighted by Gasteiger charge is -2.44. The molecule has 2 saturated heterocycles. The van der Waals surface area contributed by atoms with Gasteiger partial charge >= 0.3 is 0 Å². The van der Waals surface area contributed by atoms with Crippen LogP contribution in [-0.4, -0.2) is 65.5 Å². The molecule has 1 unspecified atom stereocenters. The molecule has 3 amide bonds. The molecule has 0 bridgehead atoms. The molecular weight excluding hydrogens is 436 g/mol. The summed E-state index contributed by atoms with van der Waals surface area (Å²) in [5, 5.41) is 2.81. The third-order valence-electron chi connectivity index (χ3n) is 6.06. The molecule has 176 valence electrons. The first kappa shape index (κ1) is 22.9. The molecule has 3 heterocycles. The van der Waals surface area contributed by atoms with Crippen LogP contribution in [0.25, 0.3) is 0 Å². The van der Waals surface area contributed by atoms with Gasteiger partial charge < -0.3 is 19.4 Å². The van der Waals surface area contributed by atoms with E-state index in [1.807, 2.05) is 6.92 Å². The number of hydrogen-bond donors (Lipinski definition) is 1. The lowest BCUT2D eigenvalue weighted by molar-refractivity contribution is -0.128. The number of carbonyl (C=O) groups excluding carboxylic acids is 3. The Balaban J connectivity index is 1.54. The number of nitrogens with one attached hydrogen (secondary N) is 1. The molecular formula is C23H25F2N3O5. The summed E-state index contributed by atoms with van der Waals surface area (Å²) in [6.45, 7) is 2.75. The number of ether oxygens (including phenoxy) is 1. The second kappa shape index (κ2) is 9.30. The molecule has 10 heteroatoms. The molecule has 2 aromatic rings. The van der Waals surface area contributed by atoms with Crippen molar-refractivity contribution in [3.05, 3.63) is 59.6 Å². The molecule has 0 aliphatic carbocycles. The van der Waals surface area contributed by atoms with Gasteiger partial charge in [0.05, 0.1) is 18.4 Å². The van der Waals surface area contributed by atoms with Crippen LogP contribution in [0.3, 0.4) is 0 Å². The van der Waals surface area contributed by atoms with Crippen molar-refractivity contribution >= 4 is 17.7 Å². The van der Waals surface area contributed by atoms with Gasteiger partial charge in [0.25, 0.3) is 11.8 Å². The number of amides is 3. The molecule has 2 fully saturated rings. The van der Waals surface area contributed by atoms with Crippen molar-refractivity contribution in [1.82, 2.24) is 15.1 Å². The Morgan fingerprint density at radius 1 is 1.15 bits per heavy atom. The monoisotopic (exact) mass is 461 g/mol. The normalized spacial score (nSPS) is 19.7. The maximum Gasteiger partial charge on any atom is 0.292 e. The maximum atomic E-state index is 14.1. The minimum Gasteiger partial charge on any atom is -0.459 e. The van der Waals surface area contributed by atoms with Gasteiger partial charge in [0.1, 0.15) is 23.4 Å². The van der Waals surface area contributed by atoms with E-state index < -0.39 is 35.2 Å². The van der Waals surface area contributed by atoms with E-state index in [1.165, 1.54) is 22.1 Å². The predicted octanol–water partition coefficient (Wildman–Crippen LogP) is 2.56. The zero-order valence-corrected chi connectivity index (χ0v) is 18.2. The van der Waals surface area contributed by atoms with Crippen molar-refractivity contribution < 1.29 is 32.3 Å². The Morgan fingerprint density at radius 2 is 1.91 bits per heavy atom. The number of halogens is 2. The van der Waals surface area contributed by atoms with Crippen LogP contribution in [0.1, 0.15) is 47.1 Å². The molecule has 4 rings (SSSR count). The van der Waals surface area contributed by atoms with E-state index in [-0.39, 0.29) is 49.8 Å². The summed E-state index contributed by atoms with van der Waals surface area (Å²) in [5.74, 6) is -2.97. The van der Waals surface area contributed by atoms with Gasteiger partial charge in [0.2, 0.25) is 5.91 Å². The van der Waals surface area contributed by atoms with Crippen molar-refractivity contribution in [3.8, 4) is 0 Å². The summed E-state index contributed by atoms with van der Waals surface area (Å²) in [7, 11) is 0. The lowest BCUT2D eigenvalue weighted by atomic mass is 9.96. The number of furan rings is 1. The fourth-order valence-corrected chi connectivity index (χ4v) is 4.34. The van der Waals surface area contributed by atoms with Crippen LogP contribution in [-0.2, 0) is 9.53 Å². The van der Waals surface area contributed by atoms with Crippen molar-refractivity contribution in [2.75, 3.05) is 26.2 Å². The van der Waals surface area contributed by atoms with Gasteiger partial charge in [0, 0.05) is 38.5 Å². The predicted molar refractivity (Wildman–Crippen MR) is 112 cm³/mol. The van der Waals surface area contributed by atoms with Gasteiger partial charge in [-0.15, -0.1) is 0 Å². The van der Waals surface area contributed by atoms with Crippen molar-refractivity contribution in [3.63, 3.8) is 0 Å². The summed E-state index contributed by atoms with van der Waals surface area (Å²) in [4.78, 5) is 41.7. The molecule has 0 saturated carbocycles. The zero-order chi connectivity index (χ0) is 23.6. The van der Waals surface area contributed by atoms with E-state index >= 15 is 0 Å². The topological polar surface area (TPSA) is 92.1 Å². The average molecular weight is 461 g/mol. The van der Waals surface area contributed by atoms with Crippen LogP contribution in [0.15, 0.2) is 41.0 Å². The van der Waals surface area contributed by atoms with Crippen molar-refractivity contribution in [1.29, 1.82) is 0 Å². The number of likely N-dealkylation sites (tertiary alicyclic amines) is 1. The average Bonchev–Trinajstić information content (AvgIpc) is 3.46. The summed E-state index contributed by atoms with van der Waals surface area (Å²) in [6.07, 6.45) is 2.58. The minimum atomic E-state index is -1.10. The number of benzene rings is 1. The van der Waals surface area contributed by atoms with Crippen LogP contribution in [0.5, 0.6) is 0 Å². The number of carbonyl (C=O) groups is 3. The number of hydrogen-bond acceptors (Lipinski definition) is 5. The molecule has 1 atom stereocenters. The smallest absolute Gasteiger partial charge is 0.292 e. The number of nitrogens with zero attached hydrogens (tertiary/aromatic N) is 2. The zero-order valence-electron chi connectivity index (χ0n) is 18.2. The van der Waals surface area contributed by atoms with Gasteiger partial charge in [-0.1, -0.05) is 6.92 Å². The first-order valence-electron chi connectivity index (χ1n) is 10.9. The van der Waals surface area contributed by atoms with Gasteiger partial charge in [-0.05, 0) is 30.7 Å². The molecule has 1 spiro atoms. The quantitative estimate of drug-likeness (QED) is 0.739.